The monoisotopic (exact) mass is 345 g/mol. The molecule has 1 saturated carbocycles. The van der Waals surface area contributed by atoms with Crippen LogP contribution < -0.4 is 9.88 Å². The molecule has 5 nitrogen and oxygen atoms in total. The van der Waals surface area contributed by atoms with Gasteiger partial charge in [0.1, 0.15) is 5.75 Å². The van der Waals surface area contributed by atoms with E-state index >= 15 is 0 Å². The molecule has 3 rings (SSSR count). The van der Waals surface area contributed by atoms with Crippen molar-refractivity contribution in [2.24, 2.45) is 5.14 Å². The highest BCUT2D eigenvalue weighted by Crippen LogP contribution is 2.43. The minimum atomic E-state index is -1.74. The molecule has 1 aromatic rings. The molecule has 2 unspecified atom stereocenters. The van der Waals surface area contributed by atoms with Gasteiger partial charge in [0.15, 0.2) is 0 Å². The van der Waals surface area contributed by atoms with Crippen molar-refractivity contribution in [1.29, 1.82) is 0 Å². The Bertz CT molecular complexity index is 562. The molecule has 0 amide bonds. The average Bonchev–Trinajstić information content (AvgIpc) is 2.83. The average molecular weight is 346 g/mol. The Hall–Kier alpha value is -0.660. The lowest BCUT2D eigenvalue weighted by Gasteiger charge is -2.31. The first-order valence-corrected chi connectivity index (χ1v) is 9.03. The van der Waals surface area contributed by atoms with E-state index in [0.29, 0.717) is 24.5 Å². The quantitative estimate of drug-likeness (QED) is 0.910. The predicted octanol–water partition coefficient (Wildman–Crippen LogP) is 2.87. The lowest BCUT2D eigenvalue weighted by molar-refractivity contribution is -0.202. The van der Waals surface area contributed by atoms with E-state index in [1.807, 2.05) is 18.2 Å². The Morgan fingerprint density at radius 2 is 2.18 bits per heavy atom. The van der Waals surface area contributed by atoms with Crippen LogP contribution in [0.5, 0.6) is 5.75 Å². The summed E-state index contributed by atoms with van der Waals surface area (Å²) in [6, 6.07) is 5.76. The zero-order valence-electron chi connectivity index (χ0n) is 12.3. The molecule has 2 aliphatic rings. The van der Waals surface area contributed by atoms with Crippen LogP contribution in [0, 0.1) is 0 Å². The van der Waals surface area contributed by atoms with Gasteiger partial charge in [0.25, 0.3) is 0 Å². The number of halogens is 1. The molecule has 1 fully saturated rings. The number of benzene rings is 1. The number of hydrogen-bond acceptors (Lipinski definition) is 4. The van der Waals surface area contributed by atoms with Crippen molar-refractivity contribution in [2.45, 2.75) is 50.4 Å². The number of para-hydroxylation sites is 1. The maximum atomic E-state index is 10.8. The molecule has 1 aliphatic heterocycles. The summed E-state index contributed by atoms with van der Waals surface area (Å²) in [4.78, 5) is 0. The van der Waals surface area contributed by atoms with Crippen molar-refractivity contribution < 1.29 is 17.9 Å². The van der Waals surface area contributed by atoms with Crippen molar-refractivity contribution in [3.8, 4) is 5.75 Å². The van der Waals surface area contributed by atoms with E-state index in [1.54, 1.807) is 0 Å². The number of ether oxygens (including phenoxy) is 2. The summed E-state index contributed by atoms with van der Waals surface area (Å²) in [5.41, 5.74) is 1.04. The topological polar surface area (TPSA) is 70.8 Å². The minimum absolute atomic E-state index is 0.0682. The third-order valence-electron chi connectivity index (χ3n) is 4.17. The largest absolute Gasteiger partial charge is 0.461 e. The predicted molar refractivity (Wildman–Crippen MR) is 84.8 cm³/mol. The zero-order valence-corrected chi connectivity index (χ0v) is 13.8. The lowest BCUT2D eigenvalue weighted by atomic mass is 10.1. The van der Waals surface area contributed by atoms with E-state index in [4.69, 9.17) is 30.4 Å². The highest BCUT2D eigenvalue weighted by atomic mass is 35.5. The number of nitrogens with two attached hydrogens (primary N) is 1. The molecule has 22 heavy (non-hydrogen) atoms. The molecule has 2 atom stereocenters. The van der Waals surface area contributed by atoms with Crippen LogP contribution in [0.25, 0.3) is 0 Å². The third kappa shape index (κ3) is 3.63. The van der Waals surface area contributed by atoms with E-state index in [9.17, 15) is 4.21 Å². The van der Waals surface area contributed by atoms with Crippen molar-refractivity contribution >= 4 is 22.9 Å². The third-order valence-corrected chi connectivity index (χ3v) is 4.87. The molecular formula is C15H20ClNO4S. The van der Waals surface area contributed by atoms with E-state index in [-0.39, 0.29) is 6.10 Å². The SMILES string of the molecule is NS(=O)OCCC1Cc2cccc(Cl)c2OC2(CCCC2)O1. The van der Waals surface area contributed by atoms with Crippen LogP contribution in [0.15, 0.2) is 18.2 Å². The van der Waals surface area contributed by atoms with E-state index in [1.165, 1.54) is 0 Å². The second-order valence-corrected chi connectivity index (χ2v) is 6.93. The van der Waals surface area contributed by atoms with E-state index in [0.717, 1.165) is 37.0 Å². The molecule has 0 bridgehead atoms. The maximum Gasteiger partial charge on any atom is 0.231 e. The van der Waals surface area contributed by atoms with Crippen LogP contribution in [0.4, 0.5) is 0 Å². The molecule has 1 spiro atoms. The summed E-state index contributed by atoms with van der Waals surface area (Å²) < 4.78 is 28.3. The molecule has 1 heterocycles. The van der Waals surface area contributed by atoms with Crippen molar-refractivity contribution in [2.75, 3.05) is 6.61 Å². The van der Waals surface area contributed by atoms with Crippen LogP contribution in [0.1, 0.15) is 37.7 Å². The second-order valence-electron chi connectivity index (χ2n) is 5.76. The smallest absolute Gasteiger partial charge is 0.231 e. The highest BCUT2D eigenvalue weighted by Gasteiger charge is 2.42. The fraction of sp³-hybridized carbons (Fsp3) is 0.600. The van der Waals surface area contributed by atoms with Gasteiger partial charge in [-0.05, 0) is 30.9 Å². The van der Waals surface area contributed by atoms with Crippen LogP contribution in [-0.2, 0) is 26.6 Å². The van der Waals surface area contributed by atoms with Crippen LogP contribution in [0.2, 0.25) is 5.02 Å². The fourth-order valence-corrected chi connectivity index (χ4v) is 3.68. The Morgan fingerprint density at radius 1 is 1.41 bits per heavy atom. The molecular weight excluding hydrogens is 326 g/mol. The Kier molecular flexibility index (Phi) is 5.04. The van der Waals surface area contributed by atoms with Gasteiger partial charge in [0.2, 0.25) is 17.1 Å². The number of fused-ring (bicyclic) bond motifs is 1. The van der Waals surface area contributed by atoms with Gasteiger partial charge in [0, 0.05) is 19.3 Å². The zero-order chi connectivity index (χ0) is 15.6. The summed E-state index contributed by atoms with van der Waals surface area (Å²) in [5.74, 6) is 0.139. The van der Waals surface area contributed by atoms with Crippen LogP contribution in [0.3, 0.4) is 0 Å². The Labute approximate surface area is 137 Å². The highest BCUT2D eigenvalue weighted by molar-refractivity contribution is 7.77. The van der Waals surface area contributed by atoms with Crippen LogP contribution in [-0.4, -0.2) is 22.7 Å². The number of hydrogen-bond donors (Lipinski definition) is 1. The van der Waals surface area contributed by atoms with Crippen molar-refractivity contribution in [3.05, 3.63) is 28.8 Å². The van der Waals surface area contributed by atoms with Crippen molar-refractivity contribution in [1.82, 2.24) is 0 Å². The molecule has 2 N–H and O–H groups in total. The second kappa shape index (κ2) is 6.84. The van der Waals surface area contributed by atoms with Crippen molar-refractivity contribution in [3.63, 3.8) is 0 Å². The van der Waals surface area contributed by atoms with Gasteiger partial charge in [-0.1, -0.05) is 23.7 Å². The first-order chi connectivity index (χ1) is 10.6. The Morgan fingerprint density at radius 3 is 2.91 bits per heavy atom. The van der Waals surface area contributed by atoms with E-state index in [2.05, 4.69) is 0 Å². The molecule has 1 aliphatic carbocycles. The summed E-state index contributed by atoms with van der Waals surface area (Å²) in [5, 5.41) is 5.74. The van der Waals surface area contributed by atoms with Gasteiger partial charge in [-0.2, -0.15) is 0 Å². The molecule has 0 aromatic heterocycles. The van der Waals surface area contributed by atoms with Gasteiger partial charge >= 0.3 is 0 Å². The summed E-state index contributed by atoms with van der Waals surface area (Å²) in [6.07, 6.45) is 5.11. The summed E-state index contributed by atoms with van der Waals surface area (Å²) in [6.45, 7) is 0.291. The number of rotatable bonds is 4. The molecule has 1 aromatic carbocycles. The van der Waals surface area contributed by atoms with Gasteiger partial charge in [-0.3, -0.25) is 4.18 Å². The summed E-state index contributed by atoms with van der Waals surface area (Å²) in [7, 11) is 0. The summed E-state index contributed by atoms with van der Waals surface area (Å²) >= 11 is 4.57. The standard InChI is InChI=1S/C15H20ClNO4S/c16-13-5-3-4-11-10-12(6-9-19-22(17)18)20-15(21-14(11)13)7-1-2-8-15/h3-5,12H,1-2,6-10,17H2. The van der Waals surface area contributed by atoms with Gasteiger partial charge in [-0.25, -0.2) is 9.35 Å². The van der Waals surface area contributed by atoms with Gasteiger partial charge in [0.05, 0.1) is 17.7 Å². The maximum absolute atomic E-state index is 10.8. The molecule has 122 valence electrons. The first kappa shape index (κ1) is 16.2. The van der Waals surface area contributed by atoms with Gasteiger partial charge in [-0.15, -0.1) is 0 Å². The van der Waals surface area contributed by atoms with E-state index < -0.39 is 17.1 Å². The fourth-order valence-electron chi connectivity index (χ4n) is 3.19. The normalized spacial score (nSPS) is 24.5. The molecule has 7 heteroatoms. The first-order valence-electron chi connectivity index (χ1n) is 7.52. The Balaban J connectivity index is 1.82. The lowest BCUT2D eigenvalue weighted by Crippen LogP contribution is -2.39. The molecule has 0 saturated heterocycles. The van der Waals surface area contributed by atoms with Gasteiger partial charge < -0.3 is 9.47 Å². The minimum Gasteiger partial charge on any atom is -0.461 e. The van der Waals surface area contributed by atoms with Crippen LogP contribution >= 0.6 is 11.6 Å². The molecule has 0 radical (unpaired) electrons.